The Balaban J connectivity index is 2.71. The molecule has 0 amide bonds. The fourth-order valence-corrected chi connectivity index (χ4v) is 1.52. The van der Waals surface area contributed by atoms with Crippen molar-refractivity contribution in [2.45, 2.75) is 5.03 Å². The van der Waals surface area contributed by atoms with E-state index in [1.54, 1.807) is 12.1 Å². The van der Waals surface area contributed by atoms with Crippen molar-refractivity contribution in [2.75, 3.05) is 18.6 Å². The van der Waals surface area contributed by atoms with E-state index in [1.807, 2.05) is 6.07 Å². The van der Waals surface area contributed by atoms with Gasteiger partial charge in [-0.1, -0.05) is 11.8 Å². The maximum Gasteiger partial charge on any atom is 0.316 e. The van der Waals surface area contributed by atoms with E-state index in [2.05, 4.69) is 9.72 Å². The Morgan fingerprint density at radius 3 is 3.07 bits per heavy atom. The Labute approximate surface area is 91.2 Å². The summed E-state index contributed by atoms with van der Waals surface area (Å²) < 4.78 is 4.47. The number of nitrogens with zero attached hydrogens (tertiary/aromatic N) is 2. The van der Waals surface area contributed by atoms with Crippen molar-refractivity contribution < 1.29 is 9.53 Å². The number of hydrogen-bond donors (Lipinski definition) is 1. The summed E-state index contributed by atoms with van der Waals surface area (Å²) >= 11 is 1.20. The standard InChI is InChI=1S/C9H9N3O2S/c1-14-9(13)5-15-8-3-2-6(11)7(4-10)12-8/h2-3H,5,11H2,1H3. The number of nitriles is 1. The summed E-state index contributed by atoms with van der Waals surface area (Å²) in [7, 11) is 1.32. The SMILES string of the molecule is COC(=O)CSc1ccc(N)c(C#N)n1. The molecule has 0 atom stereocenters. The lowest BCUT2D eigenvalue weighted by Crippen LogP contribution is -2.03. The number of esters is 1. The van der Waals surface area contributed by atoms with Crippen molar-refractivity contribution in [3.63, 3.8) is 0 Å². The van der Waals surface area contributed by atoms with E-state index in [0.717, 1.165) is 0 Å². The first-order valence-corrected chi connectivity index (χ1v) is 5.02. The van der Waals surface area contributed by atoms with Crippen LogP contribution < -0.4 is 5.73 Å². The van der Waals surface area contributed by atoms with Gasteiger partial charge in [-0.15, -0.1) is 0 Å². The van der Waals surface area contributed by atoms with E-state index >= 15 is 0 Å². The molecule has 0 aromatic carbocycles. The molecule has 1 rings (SSSR count). The van der Waals surface area contributed by atoms with Crippen molar-refractivity contribution in [3.8, 4) is 6.07 Å². The van der Waals surface area contributed by atoms with Gasteiger partial charge in [0.2, 0.25) is 0 Å². The fraction of sp³-hybridized carbons (Fsp3) is 0.222. The number of carbonyl (C=O) groups excluding carboxylic acids is 1. The van der Waals surface area contributed by atoms with Crippen molar-refractivity contribution in [1.29, 1.82) is 5.26 Å². The number of aromatic nitrogens is 1. The zero-order valence-corrected chi connectivity index (χ0v) is 8.87. The molecule has 0 spiro atoms. The van der Waals surface area contributed by atoms with E-state index in [1.165, 1.54) is 18.9 Å². The second-order valence-corrected chi connectivity index (χ2v) is 3.56. The molecule has 0 bridgehead atoms. The van der Waals surface area contributed by atoms with Crippen LogP contribution >= 0.6 is 11.8 Å². The van der Waals surface area contributed by atoms with Gasteiger partial charge in [-0.3, -0.25) is 4.79 Å². The summed E-state index contributed by atoms with van der Waals surface area (Å²) in [6.07, 6.45) is 0. The molecule has 0 radical (unpaired) electrons. The Kier molecular flexibility index (Phi) is 3.94. The molecule has 0 aliphatic carbocycles. The van der Waals surface area contributed by atoms with Gasteiger partial charge in [0.15, 0.2) is 5.69 Å². The summed E-state index contributed by atoms with van der Waals surface area (Å²) in [6.45, 7) is 0. The van der Waals surface area contributed by atoms with Crippen molar-refractivity contribution in [2.24, 2.45) is 0 Å². The van der Waals surface area contributed by atoms with Crippen LogP contribution in [0.5, 0.6) is 0 Å². The number of anilines is 1. The molecule has 0 saturated heterocycles. The highest BCUT2D eigenvalue weighted by Gasteiger charge is 2.05. The number of thioether (sulfide) groups is 1. The van der Waals surface area contributed by atoms with Gasteiger partial charge >= 0.3 is 5.97 Å². The summed E-state index contributed by atoms with van der Waals surface area (Å²) in [5.74, 6) is -0.171. The first-order chi connectivity index (χ1) is 7.17. The maximum absolute atomic E-state index is 10.8. The Morgan fingerprint density at radius 1 is 1.73 bits per heavy atom. The number of methoxy groups -OCH3 is 1. The molecule has 0 unspecified atom stereocenters. The Morgan fingerprint density at radius 2 is 2.47 bits per heavy atom. The Hall–Kier alpha value is -1.74. The van der Waals surface area contributed by atoms with Crippen molar-refractivity contribution >= 4 is 23.4 Å². The number of hydrogen-bond acceptors (Lipinski definition) is 6. The van der Waals surface area contributed by atoms with Crippen LogP contribution in [0.2, 0.25) is 0 Å². The first kappa shape index (κ1) is 11.3. The minimum absolute atomic E-state index is 0.165. The highest BCUT2D eigenvalue weighted by molar-refractivity contribution is 7.99. The molecule has 6 heteroatoms. The molecule has 5 nitrogen and oxygen atoms in total. The normalized spacial score (nSPS) is 9.33. The van der Waals surface area contributed by atoms with Crippen LogP contribution in [0, 0.1) is 11.3 Å². The van der Waals surface area contributed by atoms with Gasteiger partial charge < -0.3 is 10.5 Å². The van der Waals surface area contributed by atoms with Gasteiger partial charge in [0.25, 0.3) is 0 Å². The van der Waals surface area contributed by atoms with E-state index in [4.69, 9.17) is 11.0 Å². The number of carbonyl (C=O) groups is 1. The lowest BCUT2D eigenvalue weighted by molar-refractivity contribution is -0.137. The van der Waals surface area contributed by atoms with Crippen LogP contribution in [0.15, 0.2) is 17.2 Å². The summed E-state index contributed by atoms with van der Waals surface area (Å²) in [6, 6.07) is 5.12. The predicted molar refractivity (Wildman–Crippen MR) is 56.1 cm³/mol. The third-order valence-electron chi connectivity index (χ3n) is 1.57. The average Bonchev–Trinajstić information content (AvgIpc) is 2.27. The molecule has 0 fully saturated rings. The third kappa shape index (κ3) is 3.14. The quantitative estimate of drug-likeness (QED) is 0.602. The Bertz CT molecular complexity index is 414. The van der Waals surface area contributed by atoms with Crippen molar-refractivity contribution in [3.05, 3.63) is 17.8 Å². The monoisotopic (exact) mass is 223 g/mol. The average molecular weight is 223 g/mol. The largest absolute Gasteiger partial charge is 0.468 e. The number of nitrogen functional groups attached to an aromatic ring is 1. The topological polar surface area (TPSA) is 89.0 Å². The predicted octanol–water partition coefficient (Wildman–Crippen LogP) is 0.801. The van der Waals surface area contributed by atoms with Crippen LogP contribution in [0.3, 0.4) is 0 Å². The first-order valence-electron chi connectivity index (χ1n) is 4.03. The van der Waals surface area contributed by atoms with Gasteiger partial charge in [-0.05, 0) is 12.1 Å². The molecule has 1 heterocycles. The number of rotatable bonds is 3. The van der Waals surface area contributed by atoms with Gasteiger partial charge in [-0.2, -0.15) is 5.26 Å². The van der Waals surface area contributed by atoms with Crippen LogP contribution in [-0.4, -0.2) is 23.8 Å². The molecule has 0 saturated carbocycles. The number of pyridine rings is 1. The van der Waals surface area contributed by atoms with E-state index < -0.39 is 0 Å². The zero-order valence-electron chi connectivity index (χ0n) is 8.06. The highest BCUT2D eigenvalue weighted by Crippen LogP contribution is 2.18. The number of nitrogens with two attached hydrogens (primary N) is 1. The molecule has 78 valence electrons. The van der Waals surface area contributed by atoms with E-state index in [9.17, 15) is 4.79 Å². The number of ether oxygens (including phenoxy) is 1. The minimum atomic E-state index is -0.336. The molecule has 0 aliphatic rings. The van der Waals surface area contributed by atoms with E-state index in [-0.39, 0.29) is 17.4 Å². The second kappa shape index (κ2) is 5.22. The lowest BCUT2D eigenvalue weighted by Gasteiger charge is -2.01. The van der Waals surface area contributed by atoms with Gasteiger partial charge in [0, 0.05) is 0 Å². The molecular formula is C9H9N3O2S. The van der Waals surface area contributed by atoms with Gasteiger partial charge in [0.05, 0.1) is 23.6 Å². The summed E-state index contributed by atoms with van der Waals surface area (Å²) in [5, 5.41) is 9.25. The van der Waals surface area contributed by atoms with Crippen molar-refractivity contribution in [1.82, 2.24) is 4.98 Å². The summed E-state index contributed by atoms with van der Waals surface area (Å²) in [4.78, 5) is 14.8. The molecule has 1 aromatic rings. The van der Waals surface area contributed by atoms with Crippen LogP contribution in [0.1, 0.15) is 5.69 Å². The smallest absolute Gasteiger partial charge is 0.316 e. The molecule has 0 aliphatic heterocycles. The molecule has 2 N–H and O–H groups in total. The molecule has 15 heavy (non-hydrogen) atoms. The fourth-order valence-electron chi connectivity index (χ4n) is 0.814. The minimum Gasteiger partial charge on any atom is -0.468 e. The molecule has 1 aromatic heterocycles. The second-order valence-electron chi connectivity index (χ2n) is 2.56. The van der Waals surface area contributed by atoms with Crippen LogP contribution in [0.4, 0.5) is 5.69 Å². The van der Waals surface area contributed by atoms with Crippen LogP contribution in [-0.2, 0) is 9.53 Å². The molecular weight excluding hydrogens is 214 g/mol. The van der Waals surface area contributed by atoms with Crippen LogP contribution in [0.25, 0.3) is 0 Å². The summed E-state index contributed by atoms with van der Waals surface area (Å²) in [5.41, 5.74) is 6.00. The highest BCUT2D eigenvalue weighted by atomic mass is 32.2. The zero-order chi connectivity index (χ0) is 11.3. The van der Waals surface area contributed by atoms with Gasteiger partial charge in [-0.25, -0.2) is 4.98 Å². The maximum atomic E-state index is 10.8. The lowest BCUT2D eigenvalue weighted by atomic mass is 10.3. The van der Waals surface area contributed by atoms with E-state index in [0.29, 0.717) is 10.7 Å². The third-order valence-corrected chi connectivity index (χ3v) is 2.48. The van der Waals surface area contributed by atoms with Gasteiger partial charge in [0.1, 0.15) is 6.07 Å².